The predicted molar refractivity (Wildman–Crippen MR) is 170 cm³/mol. The van der Waals surface area contributed by atoms with E-state index in [2.05, 4.69) is 47.2 Å². The highest BCUT2D eigenvalue weighted by molar-refractivity contribution is 7.85. The Morgan fingerprint density at radius 2 is 1.56 bits per heavy atom. The van der Waals surface area contributed by atoms with Crippen molar-refractivity contribution < 1.29 is 34.8 Å². The van der Waals surface area contributed by atoms with E-state index in [0.29, 0.717) is 31.8 Å². The molecule has 45 heavy (non-hydrogen) atoms. The van der Waals surface area contributed by atoms with Crippen molar-refractivity contribution in [3.63, 3.8) is 0 Å². The van der Waals surface area contributed by atoms with Gasteiger partial charge in [-0.1, -0.05) is 60.8 Å². The van der Waals surface area contributed by atoms with Gasteiger partial charge in [-0.05, 0) is 67.5 Å². The highest BCUT2D eigenvalue weighted by Gasteiger charge is 2.30. The third-order valence-electron chi connectivity index (χ3n) is 7.48. The minimum Gasteiger partial charge on any atom is -0.330 e. The smallest absolute Gasteiger partial charge is 0.330 e. The average molecular weight is 683 g/mol. The van der Waals surface area contributed by atoms with Crippen LogP contribution in [0.4, 0.5) is 0 Å². The number of carbonyl (C=O) groups is 2. The molecule has 0 unspecified atom stereocenters. The summed E-state index contributed by atoms with van der Waals surface area (Å²) >= 11 is 6.12. The fourth-order valence-electron chi connectivity index (χ4n) is 5.00. The largest absolute Gasteiger partial charge is 0.385 e. The van der Waals surface area contributed by atoms with Gasteiger partial charge in [0.1, 0.15) is 0 Å². The Bertz CT molecular complexity index is 1570. The number of benzene rings is 2. The number of hydrogen-bond donors (Lipinski definition) is 2. The molecule has 2 aromatic rings. The van der Waals surface area contributed by atoms with Gasteiger partial charge in [-0.3, -0.25) is 4.90 Å². The summed E-state index contributed by atoms with van der Waals surface area (Å²) in [6, 6.07) is 16.1. The zero-order valence-corrected chi connectivity index (χ0v) is 27.3. The van der Waals surface area contributed by atoms with Crippen molar-refractivity contribution in [2.24, 2.45) is 5.14 Å². The maximum atomic E-state index is 12.5. The molecule has 1 saturated carbocycles. The summed E-state index contributed by atoms with van der Waals surface area (Å²) in [7, 11) is -8.97. The summed E-state index contributed by atoms with van der Waals surface area (Å²) in [6.07, 6.45) is 4.80. The van der Waals surface area contributed by atoms with Gasteiger partial charge in [0.15, 0.2) is 0 Å². The summed E-state index contributed by atoms with van der Waals surface area (Å²) in [4.78, 5) is 29.3. The minimum atomic E-state index is -4.60. The second-order valence-electron chi connectivity index (χ2n) is 11.3. The zero-order chi connectivity index (χ0) is 32.5. The van der Waals surface area contributed by atoms with Crippen LogP contribution in [0.15, 0.2) is 60.2 Å². The molecule has 0 amide bonds. The molecule has 2 fully saturated rings. The van der Waals surface area contributed by atoms with Gasteiger partial charge in [0.2, 0.25) is 0 Å². The van der Waals surface area contributed by atoms with E-state index in [1.807, 2.05) is 24.3 Å². The van der Waals surface area contributed by atoms with E-state index < -0.39 is 32.5 Å². The number of hydrogen-bond acceptors (Lipinski definition) is 10. The molecule has 246 valence electrons. The lowest BCUT2D eigenvalue weighted by Gasteiger charge is -2.34. The van der Waals surface area contributed by atoms with E-state index >= 15 is 0 Å². The fourth-order valence-corrected chi connectivity index (χ4v) is 6.47. The van der Waals surface area contributed by atoms with Crippen molar-refractivity contribution in [2.45, 2.75) is 57.5 Å². The van der Waals surface area contributed by atoms with Crippen molar-refractivity contribution >= 4 is 44.1 Å². The van der Waals surface area contributed by atoms with Gasteiger partial charge in [0.05, 0.1) is 0 Å². The SMILES string of the molecule is NS(=O)(=O)OC(=O)/C=C(\CCCCCCN1CCN(Cc2ccc(-c3cccc(Cl)c3)cc2)CC1)C(=O)OS(=O)(=O)NC1CC1. The van der Waals surface area contributed by atoms with Crippen LogP contribution in [0.5, 0.6) is 0 Å². The van der Waals surface area contributed by atoms with Crippen LogP contribution in [-0.4, -0.2) is 77.3 Å². The molecule has 1 aliphatic heterocycles. The summed E-state index contributed by atoms with van der Waals surface area (Å²) in [6.45, 7) is 5.70. The molecule has 0 spiro atoms. The van der Waals surface area contributed by atoms with Crippen LogP contribution in [0.3, 0.4) is 0 Å². The topological polar surface area (TPSA) is 165 Å². The summed E-state index contributed by atoms with van der Waals surface area (Å²) < 4.78 is 57.0. The number of carbonyl (C=O) groups excluding carboxylic acids is 2. The van der Waals surface area contributed by atoms with E-state index in [-0.39, 0.29) is 18.0 Å². The Labute approximate surface area is 270 Å². The third-order valence-corrected chi connectivity index (χ3v) is 9.10. The fraction of sp³-hybridized carbons (Fsp3) is 0.467. The van der Waals surface area contributed by atoms with Gasteiger partial charge in [-0.25, -0.2) is 9.59 Å². The summed E-state index contributed by atoms with van der Waals surface area (Å²) in [5.41, 5.74) is 3.18. The standard InChI is InChI=1S/C30H39ClN4O8S2/c31-27-8-5-7-25(20-27)24-11-9-23(10-12-24)22-35-18-16-34(17-19-35)15-4-2-1-3-6-26(21-29(36)42-44(32,38)39)30(37)43-45(40,41)33-28-13-14-28/h5,7-12,20-21,28,33H,1-4,6,13-19,22H2,(H2,32,38,39)/b26-21+. The quantitative estimate of drug-likeness (QED) is 0.198. The van der Waals surface area contributed by atoms with Gasteiger partial charge < -0.3 is 13.3 Å². The number of piperazine rings is 1. The van der Waals surface area contributed by atoms with Crippen LogP contribution < -0.4 is 9.86 Å². The second kappa shape index (κ2) is 16.1. The Morgan fingerprint density at radius 3 is 2.20 bits per heavy atom. The first-order valence-electron chi connectivity index (χ1n) is 14.9. The molecule has 1 saturated heterocycles. The molecule has 0 aromatic heterocycles. The number of unbranched alkanes of at least 4 members (excludes halogenated alkanes) is 3. The molecule has 15 heteroatoms. The summed E-state index contributed by atoms with van der Waals surface area (Å²) in [5.74, 6) is -2.69. The molecule has 4 rings (SSSR count). The monoisotopic (exact) mass is 682 g/mol. The maximum Gasteiger partial charge on any atom is 0.385 e. The first-order valence-corrected chi connectivity index (χ1v) is 18.1. The second-order valence-corrected chi connectivity index (χ2v) is 14.2. The number of nitrogens with two attached hydrogens (primary N) is 1. The van der Waals surface area contributed by atoms with Crippen molar-refractivity contribution in [1.82, 2.24) is 14.5 Å². The molecule has 2 aromatic carbocycles. The van der Waals surface area contributed by atoms with Gasteiger partial charge in [0, 0.05) is 55.4 Å². The van der Waals surface area contributed by atoms with Crippen molar-refractivity contribution in [2.75, 3.05) is 32.7 Å². The lowest BCUT2D eigenvalue weighted by Crippen LogP contribution is -2.46. The average Bonchev–Trinajstić information content (AvgIpc) is 3.77. The lowest BCUT2D eigenvalue weighted by atomic mass is 10.0. The van der Waals surface area contributed by atoms with Crippen molar-refractivity contribution in [1.29, 1.82) is 0 Å². The highest BCUT2D eigenvalue weighted by atomic mass is 35.5. The van der Waals surface area contributed by atoms with Crippen LogP contribution in [0.1, 0.15) is 50.5 Å². The molecule has 0 bridgehead atoms. The molecule has 2 aliphatic rings. The minimum absolute atomic E-state index is 0.00372. The Kier molecular flexibility index (Phi) is 12.5. The van der Waals surface area contributed by atoms with Crippen LogP contribution in [0.25, 0.3) is 11.1 Å². The number of halogens is 1. The van der Waals surface area contributed by atoms with Crippen molar-refractivity contribution in [3.8, 4) is 11.1 Å². The lowest BCUT2D eigenvalue weighted by molar-refractivity contribution is -0.132. The molecule has 0 radical (unpaired) electrons. The van der Waals surface area contributed by atoms with E-state index in [9.17, 15) is 26.4 Å². The Balaban J connectivity index is 1.15. The first kappa shape index (κ1) is 35.0. The van der Waals surface area contributed by atoms with Gasteiger partial charge >= 0.3 is 32.5 Å². The number of nitrogens with zero attached hydrogens (tertiary/aromatic N) is 2. The first-order chi connectivity index (χ1) is 21.3. The van der Waals surface area contributed by atoms with Crippen LogP contribution >= 0.6 is 11.6 Å². The normalized spacial score (nSPS) is 16.8. The maximum absolute atomic E-state index is 12.5. The van der Waals surface area contributed by atoms with E-state index in [0.717, 1.165) is 68.3 Å². The highest BCUT2D eigenvalue weighted by Crippen LogP contribution is 2.24. The molecule has 3 N–H and O–H groups in total. The van der Waals surface area contributed by atoms with E-state index in [4.69, 9.17) is 16.7 Å². The predicted octanol–water partition coefficient (Wildman–Crippen LogP) is 3.29. The molecule has 0 atom stereocenters. The number of rotatable bonds is 16. The molecule has 12 nitrogen and oxygen atoms in total. The molecular weight excluding hydrogens is 644 g/mol. The third kappa shape index (κ3) is 12.8. The molecule has 1 heterocycles. The van der Waals surface area contributed by atoms with Crippen LogP contribution in [0.2, 0.25) is 5.02 Å². The van der Waals surface area contributed by atoms with Gasteiger partial charge in [-0.2, -0.15) is 26.7 Å². The Hall–Kier alpha value is -2.85. The van der Waals surface area contributed by atoms with E-state index in [1.54, 1.807) is 0 Å². The molecule has 1 aliphatic carbocycles. The Morgan fingerprint density at radius 1 is 0.889 bits per heavy atom. The van der Waals surface area contributed by atoms with Crippen LogP contribution in [-0.2, 0) is 45.1 Å². The van der Waals surface area contributed by atoms with E-state index in [1.165, 1.54) is 5.56 Å². The molecular formula is C30H39ClN4O8S2. The van der Waals surface area contributed by atoms with Crippen LogP contribution in [0, 0.1) is 0 Å². The summed E-state index contributed by atoms with van der Waals surface area (Å²) in [5, 5.41) is 5.43. The van der Waals surface area contributed by atoms with Gasteiger partial charge in [-0.15, -0.1) is 0 Å². The van der Waals surface area contributed by atoms with Crippen molar-refractivity contribution in [3.05, 3.63) is 70.8 Å². The zero-order valence-electron chi connectivity index (χ0n) is 24.9. The van der Waals surface area contributed by atoms with Gasteiger partial charge in [0.25, 0.3) is 0 Å². The number of nitrogens with one attached hydrogen (secondary N) is 1.